The van der Waals surface area contributed by atoms with E-state index in [0.717, 1.165) is 29.9 Å². The quantitative estimate of drug-likeness (QED) is 0.750. The van der Waals surface area contributed by atoms with E-state index in [-0.39, 0.29) is 30.7 Å². The van der Waals surface area contributed by atoms with Crippen molar-refractivity contribution in [2.24, 2.45) is 0 Å². The Bertz CT molecular complexity index is 835. The normalized spacial score (nSPS) is 20.5. The number of hydrogen-bond donors (Lipinski definition) is 2. The summed E-state index contributed by atoms with van der Waals surface area (Å²) in [7, 11) is 3.47. The maximum Gasteiger partial charge on any atom is 0.227 e. The zero-order chi connectivity index (χ0) is 18.8. The number of methoxy groups -OCH3 is 1. The van der Waals surface area contributed by atoms with Crippen LogP contribution in [0.1, 0.15) is 35.7 Å². The van der Waals surface area contributed by atoms with Gasteiger partial charge in [0.25, 0.3) is 0 Å². The summed E-state index contributed by atoms with van der Waals surface area (Å²) < 4.78 is 5.53. The molecule has 1 aromatic heterocycles. The van der Waals surface area contributed by atoms with Gasteiger partial charge in [0.15, 0.2) is 0 Å². The van der Waals surface area contributed by atoms with E-state index >= 15 is 0 Å². The third kappa shape index (κ3) is 4.83. The molecule has 1 amide bonds. The molecule has 2 atom stereocenters. The molecule has 2 aromatic rings. The number of aromatic nitrogens is 1. The standard InChI is InChI=1S/C21H26N4O2.2ClH/c1-25-18-12-15(21(27-2)24-16(18)8-9-19(25)26)13-23-17-10-11-22-20(17)14-6-4-3-5-7-14;;/h3-7,12,17,20,22-23H,8-11,13H2,1-2H3;2*1H. The summed E-state index contributed by atoms with van der Waals surface area (Å²) in [6.07, 6.45) is 2.24. The van der Waals surface area contributed by atoms with E-state index in [0.29, 0.717) is 37.4 Å². The number of nitrogens with zero attached hydrogens (tertiary/aromatic N) is 2. The lowest BCUT2D eigenvalue weighted by molar-refractivity contribution is -0.118. The molecule has 0 radical (unpaired) electrons. The summed E-state index contributed by atoms with van der Waals surface area (Å²) >= 11 is 0. The topological polar surface area (TPSA) is 66.5 Å². The van der Waals surface area contributed by atoms with E-state index < -0.39 is 0 Å². The number of benzene rings is 1. The highest BCUT2D eigenvalue weighted by atomic mass is 35.5. The Morgan fingerprint density at radius 3 is 2.72 bits per heavy atom. The van der Waals surface area contributed by atoms with Crippen LogP contribution >= 0.6 is 24.8 Å². The van der Waals surface area contributed by atoms with Gasteiger partial charge in [-0.2, -0.15) is 0 Å². The lowest BCUT2D eigenvalue weighted by atomic mass is 10.0. The lowest BCUT2D eigenvalue weighted by Gasteiger charge is -2.27. The minimum absolute atomic E-state index is 0. The minimum Gasteiger partial charge on any atom is -0.481 e. The zero-order valence-corrected chi connectivity index (χ0v) is 18.3. The molecule has 2 aliphatic rings. The Balaban J connectivity index is 0.00000150. The fraction of sp³-hybridized carbons (Fsp3) is 0.429. The number of ether oxygens (including phenoxy) is 1. The van der Waals surface area contributed by atoms with Crippen molar-refractivity contribution in [3.63, 3.8) is 0 Å². The molecule has 0 bridgehead atoms. The number of aryl methyl sites for hydroxylation is 1. The van der Waals surface area contributed by atoms with E-state index in [2.05, 4.69) is 39.9 Å². The number of hydrogen-bond acceptors (Lipinski definition) is 5. The molecule has 6 nitrogen and oxygen atoms in total. The molecule has 2 aliphatic heterocycles. The fourth-order valence-electron chi connectivity index (χ4n) is 4.04. The first kappa shape index (κ1) is 23.4. The SMILES string of the molecule is COc1nc2c(cc1CNC1CCNC1c1ccccc1)N(C)C(=O)CC2.Cl.Cl. The summed E-state index contributed by atoms with van der Waals surface area (Å²) in [4.78, 5) is 18.4. The van der Waals surface area contributed by atoms with Gasteiger partial charge in [0.1, 0.15) is 0 Å². The van der Waals surface area contributed by atoms with Crippen molar-refractivity contribution < 1.29 is 9.53 Å². The highest BCUT2D eigenvalue weighted by molar-refractivity contribution is 5.95. The molecule has 158 valence electrons. The van der Waals surface area contributed by atoms with E-state index in [1.165, 1.54) is 5.56 Å². The molecule has 0 spiro atoms. The third-order valence-electron chi connectivity index (χ3n) is 5.56. The highest BCUT2D eigenvalue weighted by Crippen LogP contribution is 2.31. The number of halogens is 2. The Kier molecular flexibility index (Phi) is 8.28. The maximum absolute atomic E-state index is 12.0. The number of carbonyl (C=O) groups is 1. The first-order valence-corrected chi connectivity index (χ1v) is 9.52. The number of anilines is 1. The molecule has 29 heavy (non-hydrogen) atoms. The van der Waals surface area contributed by atoms with Gasteiger partial charge in [0, 0.05) is 44.1 Å². The molecular weight excluding hydrogens is 411 g/mol. The molecule has 1 aromatic carbocycles. The average Bonchev–Trinajstić information content (AvgIpc) is 3.18. The number of pyridine rings is 1. The van der Waals surface area contributed by atoms with Crippen LogP contribution in [0.25, 0.3) is 0 Å². The molecule has 4 rings (SSSR count). The first-order chi connectivity index (χ1) is 13.2. The fourth-order valence-corrected chi connectivity index (χ4v) is 4.04. The highest BCUT2D eigenvalue weighted by Gasteiger charge is 2.29. The Labute approximate surface area is 184 Å². The molecule has 2 unspecified atom stereocenters. The van der Waals surface area contributed by atoms with E-state index in [9.17, 15) is 4.79 Å². The number of rotatable bonds is 5. The number of carbonyl (C=O) groups excluding carboxylic acids is 1. The molecule has 1 saturated heterocycles. The van der Waals surface area contributed by atoms with Crippen molar-refractivity contribution in [1.29, 1.82) is 0 Å². The van der Waals surface area contributed by atoms with Crippen molar-refractivity contribution in [2.75, 3.05) is 25.6 Å². The second-order valence-corrected chi connectivity index (χ2v) is 7.19. The average molecular weight is 439 g/mol. The molecule has 3 heterocycles. The summed E-state index contributed by atoms with van der Waals surface area (Å²) in [5.41, 5.74) is 4.11. The van der Waals surface area contributed by atoms with Crippen molar-refractivity contribution >= 4 is 36.4 Å². The summed E-state index contributed by atoms with van der Waals surface area (Å²) in [5.74, 6) is 0.781. The largest absolute Gasteiger partial charge is 0.481 e. The zero-order valence-electron chi connectivity index (χ0n) is 16.7. The summed E-state index contributed by atoms with van der Waals surface area (Å²) in [5, 5.41) is 7.26. The van der Waals surface area contributed by atoms with Gasteiger partial charge in [-0.25, -0.2) is 4.98 Å². The second-order valence-electron chi connectivity index (χ2n) is 7.19. The van der Waals surface area contributed by atoms with Crippen LogP contribution in [-0.2, 0) is 17.8 Å². The molecular formula is C21H28Cl2N4O2. The first-order valence-electron chi connectivity index (χ1n) is 9.52. The van der Waals surface area contributed by atoms with Gasteiger partial charge in [0.2, 0.25) is 11.8 Å². The minimum atomic E-state index is 0. The van der Waals surface area contributed by atoms with Crippen molar-refractivity contribution in [2.45, 2.75) is 37.9 Å². The molecule has 0 aliphatic carbocycles. The van der Waals surface area contributed by atoms with Crippen LogP contribution in [0.3, 0.4) is 0 Å². The van der Waals surface area contributed by atoms with Gasteiger partial charge in [-0.3, -0.25) is 4.79 Å². The van der Waals surface area contributed by atoms with Gasteiger partial charge in [0.05, 0.1) is 18.5 Å². The molecule has 8 heteroatoms. The Morgan fingerprint density at radius 1 is 1.24 bits per heavy atom. The van der Waals surface area contributed by atoms with Gasteiger partial charge < -0.3 is 20.3 Å². The molecule has 1 fully saturated rings. The molecule has 0 saturated carbocycles. The van der Waals surface area contributed by atoms with E-state index in [4.69, 9.17) is 4.74 Å². The Morgan fingerprint density at radius 2 is 2.00 bits per heavy atom. The summed E-state index contributed by atoms with van der Waals surface area (Å²) in [6.45, 7) is 1.65. The summed E-state index contributed by atoms with van der Waals surface area (Å²) in [6, 6.07) is 13.2. The van der Waals surface area contributed by atoms with E-state index in [1.807, 2.05) is 19.2 Å². The van der Waals surface area contributed by atoms with E-state index in [1.54, 1.807) is 12.0 Å². The predicted molar refractivity (Wildman–Crippen MR) is 119 cm³/mol. The van der Waals surface area contributed by atoms with Gasteiger partial charge >= 0.3 is 0 Å². The van der Waals surface area contributed by atoms with Crippen LogP contribution in [0.15, 0.2) is 36.4 Å². The Hall–Kier alpha value is -1.86. The van der Waals surface area contributed by atoms with Crippen LogP contribution in [0, 0.1) is 0 Å². The smallest absolute Gasteiger partial charge is 0.227 e. The van der Waals surface area contributed by atoms with Crippen molar-refractivity contribution in [1.82, 2.24) is 15.6 Å². The third-order valence-corrected chi connectivity index (χ3v) is 5.56. The van der Waals surface area contributed by atoms with Gasteiger partial charge in [-0.1, -0.05) is 30.3 Å². The maximum atomic E-state index is 12.0. The van der Waals surface area contributed by atoms with Crippen LogP contribution in [0.4, 0.5) is 5.69 Å². The van der Waals surface area contributed by atoms with Crippen LogP contribution in [0.5, 0.6) is 5.88 Å². The molecule has 2 N–H and O–H groups in total. The number of amides is 1. The lowest BCUT2D eigenvalue weighted by Crippen LogP contribution is -2.35. The monoisotopic (exact) mass is 438 g/mol. The second kappa shape index (κ2) is 10.3. The predicted octanol–water partition coefficient (Wildman–Crippen LogP) is 3.04. The van der Waals surface area contributed by atoms with Gasteiger partial charge in [-0.05, 0) is 24.6 Å². The number of fused-ring (bicyclic) bond motifs is 1. The van der Waals surface area contributed by atoms with Gasteiger partial charge in [-0.15, -0.1) is 24.8 Å². The van der Waals surface area contributed by atoms with Crippen LogP contribution < -0.4 is 20.3 Å². The van der Waals surface area contributed by atoms with Crippen molar-refractivity contribution in [3.05, 3.63) is 53.2 Å². The van der Waals surface area contributed by atoms with Crippen LogP contribution in [0.2, 0.25) is 0 Å². The van der Waals surface area contributed by atoms with Crippen LogP contribution in [-0.4, -0.2) is 37.6 Å². The van der Waals surface area contributed by atoms with Crippen molar-refractivity contribution in [3.8, 4) is 5.88 Å². The number of nitrogens with one attached hydrogen (secondary N) is 2.